The first kappa shape index (κ1) is 10.1. The van der Waals surface area contributed by atoms with Crippen molar-refractivity contribution in [3.63, 3.8) is 0 Å². The number of hydrogen-bond donors (Lipinski definition) is 1. The van der Waals surface area contributed by atoms with Gasteiger partial charge in [-0.05, 0) is 30.8 Å². The minimum atomic E-state index is 0.218. The molecule has 1 aliphatic carbocycles. The van der Waals surface area contributed by atoms with E-state index in [0.29, 0.717) is 11.8 Å². The fourth-order valence-corrected chi connectivity index (χ4v) is 2.33. The molecular weight excluding hydrogens is 194 g/mol. The van der Waals surface area contributed by atoms with E-state index in [0.717, 1.165) is 17.3 Å². The van der Waals surface area contributed by atoms with Crippen LogP contribution in [0.1, 0.15) is 55.8 Å². The molecule has 14 heavy (non-hydrogen) atoms. The fourth-order valence-electron chi connectivity index (χ4n) is 1.48. The molecule has 0 radical (unpaired) electrons. The SMILES string of the molecule is CCC(N)C(C)c1nc(C2CC2)ns1. The zero-order valence-corrected chi connectivity index (χ0v) is 9.55. The third-order valence-corrected chi connectivity index (χ3v) is 3.83. The molecule has 1 saturated carbocycles. The van der Waals surface area contributed by atoms with Crippen molar-refractivity contribution in [3.8, 4) is 0 Å². The minimum Gasteiger partial charge on any atom is -0.327 e. The van der Waals surface area contributed by atoms with Gasteiger partial charge >= 0.3 is 0 Å². The standard InChI is InChI=1S/C10H17N3S/c1-3-8(11)6(2)10-12-9(13-14-10)7-4-5-7/h6-8H,3-5,11H2,1-2H3. The van der Waals surface area contributed by atoms with Crippen LogP contribution in [0.4, 0.5) is 0 Å². The number of nitrogens with two attached hydrogens (primary N) is 1. The monoisotopic (exact) mass is 211 g/mol. The van der Waals surface area contributed by atoms with Crippen LogP contribution in [0, 0.1) is 0 Å². The highest BCUT2D eigenvalue weighted by molar-refractivity contribution is 7.05. The molecular formula is C10H17N3S. The van der Waals surface area contributed by atoms with Gasteiger partial charge in [0, 0.05) is 17.9 Å². The molecule has 0 aromatic carbocycles. The normalized spacial score (nSPS) is 20.8. The van der Waals surface area contributed by atoms with Crippen LogP contribution in [-0.4, -0.2) is 15.4 Å². The molecule has 2 rings (SSSR count). The lowest BCUT2D eigenvalue weighted by atomic mass is 10.0. The largest absolute Gasteiger partial charge is 0.327 e. The lowest BCUT2D eigenvalue weighted by Gasteiger charge is -2.14. The zero-order chi connectivity index (χ0) is 10.1. The van der Waals surface area contributed by atoms with E-state index >= 15 is 0 Å². The van der Waals surface area contributed by atoms with Crippen LogP contribution in [-0.2, 0) is 0 Å². The van der Waals surface area contributed by atoms with Gasteiger partial charge in [-0.3, -0.25) is 0 Å². The number of nitrogens with zero attached hydrogens (tertiary/aromatic N) is 2. The van der Waals surface area contributed by atoms with Crippen LogP contribution in [0.15, 0.2) is 0 Å². The third-order valence-electron chi connectivity index (χ3n) is 2.90. The molecule has 1 heterocycles. The smallest absolute Gasteiger partial charge is 0.145 e. The van der Waals surface area contributed by atoms with Gasteiger partial charge in [-0.15, -0.1) is 0 Å². The van der Waals surface area contributed by atoms with Crippen LogP contribution in [0.2, 0.25) is 0 Å². The number of aromatic nitrogens is 2. The molecule has 1 aliphatic rings. The van der Waals surface area contributed by atoms with Crippen LogP contribution in [0.25, 0.3) is 0 Å². The predicted molar refractivity (Wildman–Crippen MR) is 58.6 cm³/mol. The summed E-state index contributed by atoms with van der Waals surface area (Å²) in [5.41, 5.74) is 5.99. The molecule has 1 aromatic rings. The summed E-state index contributed by atoms with van der Waals surface area (Å²) in [6.07, 6.45) is 3.54. The van der Waals surface area contributed by atoms with Gasteiger partial charge in [-0.1, -0.05) is 13.8 Å². The van der Waals surface area contributed by atoms with Crippen molar-refractivity contribution < 1.29 is 0 Å². The van der Waals surface area contributed by atoms with Crippen LogP contribution in [0.3, 0.4) is 0 Å². The minimum absolute atomic E-state index is 0.218. The summed E-state index contributed by atoms with van der Waals surface area (Å²) < 4.78 is 4.39. The second-order valence-electron chi connectivity index (χ2n) is 4.13. The Balaban J connectivity index is 2.07. The van der Waals surface area contributed by atoms with Crippen molar-refractivity contribution in [2.75, 3.05) is 0 Å². The van der Waals surface area contributed by atoms with E-state index in [1.165, 1.54) is 24.4 Å². The van der Waals surface area contributed by atoms with Crippen molar-refractivity contribution in [1.29, 1.82) is 0 Å². The van der Waals surface area contributed by atoms with Gasteiger partial charge < -0.3 is 5.73 Å². The van der Waals surface area contributed by atoms with E-state index < -0.39 is 0 Å². The van der Waals surface area contributed by atoms with Crippen molar-refractivity contribution in [2.24, 2.45) is 5.73 Å². The second-order valence-corrected chi connectivity index (χ2v) is 4.91. The Labute approximate surface area is 88.9 Å². The molecule has 0 bridgehead atoms. The van der Waals surface area contributed by atoms with Crippen molar-refractivity contribution in [1.82, 2.24) is 9.36 Å². The van der Waals surface area contributed by atoms with E-state index in [9.17, 15) is 0 Å². The molecule has 78 valence electrons. The summed E-state index contributed by atoms with van der Waals surface area (Å²) in [4.78, 5) is 4.57. The highest BCUT2D eigenvalue weighted by Crippen LogP contribution is 2.39. The van der Waals surface area contributed by atoms with Gasteiger partial charge in [-0.25, -0.2) is 4.98 Å². The maximum atomic E-state index is 5.99. The summed E-state index contributed by atoms with van der Waals surface area (Å²) in [7, 11) is 0. The molecule has 0 amide bonds. The molecule has 1 fully saturated rings. The first-order valence-electron chi connectivity index (χ1n) is 5.31. The Hall–Kier alpha value is -0.480. The van der Waals surface area contributed by atoms with E-state index in [2.05, 4.69) is 23.2 Å². The number of hydrogen-bond acceptors (Lipinski definition) is 4. The maximum Gasteiger partial charge on any atom is 0.145 e. The van der Waals surface area contributed by atoms with Crippen LogP contribution >= 0.6 is 11.5 Å². The van der Waals surface area contributed by atoms with Gasteiger partial charge in [-0.2, -0.15) is 4.37 Å². The zero-order valence-electron chi connectivity index (χ0n) is 8.73. The average Bonchev–Trinajstić information content (AvgIpc) is 2.94. The summed E-state index contributed by atoms with van der Waals surface area (Å²) in [6, 6.07) is 0.218. The average molecular weight is 211 g/mol. The molecule has 4 heteroatoms. The number of rotatable bonds is 4. The van der Waals surface area contributed by atoms with Gasteiger partial charge in [0.2, 0.25) is 0 Å². The van der Waals surface area contributed by atoms with Gasteiger partial charge in [0.1, 0.15) is 10.8 Å². The first-order chi connectivity index (χ1) is 6.72. The Bertz CT molecular complexity index is 306. The highest BCUT2D eigenvalue weighted by Gasteiger charge is 2.29. The van der Waals surface area contributed by atoms with E-state index in [1.54, 1.807) is 0 Å². The van der Waals surface area contributed by atoms with Crippen LogP contribution < -0.4 is 5.73 Å². The van der Waals surface area contributed by atoms with Gasteiger partial charge in [0.25, 0.3) is 0 Å². The molecule has 2 atom stereocenters. The molecule has 2 N–H and O–H groups in total. The summed E-state index contributed by atoms with van der Waals surface area (Å²) in [5.74, 6) is 2.07. The quantitative estimate of drug-likeness (QED) is 0.831. The maximum absolute atomic E-state index is 5.99. The Kier molecular flexibility index (Phi) is 2.83. The summed E-state index contributed by atoms with van der Waals surface area (Å²) >= 11 is 1.53. The third kappa shape index (κ3) is 1.96. The Morgan fingerprint density at radius 2 is 2.29 bits per heavy atom. The van der Waals surface area contributed by atoms with Crippen molar-refractivity contribution in [2.45, 2.75) is 51.0 Å². The predicted octanol–water partition coefficient (Wildman–Crippen LogP) is 2.26. The van der Waals surface area contributed by atoms with Gasteiger partial charge in [0.15, 0.2) is 0 Å². The lowest BCUT2D eigenvalue weighted by molar-refractivity contribution is 0.548. The fraction of sp³-hybridized carbons (Fsp3) is 0.800. The molecule has 0 spiro atoms. The van der Waals surface area contributed by atoms with Crippen molar-refractivity contribution >= 4 is 11.5 Å². The molecule has 3 nitrogen and oxygen atoms in total. The molecule has 2 unspecified atom stereocenters. The Morgan fingerprint density at radius 1 is 1.57 bits per heavy atom. The topological polar surface area (TPSA) is 51.8 Å². The van der Waals surface area contributed by atoms with E-state index in [-0.39, 0.29) is 6.04 Å². The molecule has 0 saturated heterocycles. The van der Waals surface area contributed by atoms with Crippen molar-refractivity contribution in [3.05, 3.63) is 10.8 Å². The summed E-state index contributed by atoms with van der Waals surface area (Å²) in [6.45, 7) is 4.26. The first-order valence-corrected chi connectivity index (χ1v) is 6.08. The highest BCUT2D eigenvalue weighted by atomic mass is 32.1. The summed E-state index contributed by atoms with van der Waals surface area (Å²) in [5, 5.41) is 1.11. The molecule has 0 aliphatic heterocycles. The lowest BCUT2D eigenvalue weighted by Crippen LogP contribution is -2.25. The molecule has 1 aromatic heterocycles. The van der Waals surface area contributed by atoms with Crippen LogP contribution in [0.5, 0.6) is 0 Å². The second kappa shape index (κ2) is 3.95. The van der Waals surface area contributed by atoms with E-state index in [1.807, 2.05) is 0 Å². The Morgan fingerprint density at radius 3 is 2.86 bits per heavy atom. The van der Waals surface area contributed by atoms with E-state index in [4.69, 9.17) is 5.73 Å². The van der Waals surface area contributed by atoms with Gasteiger partial charge in [0.05, 0.1) is 0 Å².